The largest absolute Gasteiger partial charge is 0.383 e. The zero-order valence-corrected chi connectivity index (χ0v) is 9.24. The maximum atomic E-state index is 6.03. The molecule has 0 saturated heterocycles. The van der Waals surface area contributed by atoms with Crippen LogP contribution in [0, 0.1) is 0 Å². The van der Waals surface area contributed by atoms with E-state index in [0.717, 1.165) is 12.4 Å². The molecule has 0 aliphatic carbocycles. The quantitative estimate of drug-likeness (QED) is 0.699. The standard InChI is InChI=1S/C10H15ClN2O/c1-13(7-9(11)8-14-2)10-5-3-4-6-12-10/h3-6,9H,7-8H2,1-2H3. The topological polar surface area (TPSA) is 25.4 Å². The van der Waals surface area contributed by atoms with Gasteiger partial charge in [0.15, 0.2) is 0 Å². The lowest BCUT2D eigenvalue weighted by molar-refractivity contribution is 0.199. The zero-order chi connectivity index (χ0) is 10.4. The summed E-state index contributed by atoms with van der Waals surface area (Å²) in [5, 5.41) is -0.00740. The summed E-state index contributed by atoms with van der Waals surface area (Å²) in [5.74, 6) is 0.925. The van der Waals surface area contributed by atoms with E-state index in [4.69, 9.17) is 16.3 Å². The van der Waals surface area contributed by atoms with Crippen LogP contribution in [-0.2, 0) is 4.74 Å². The first-order valence-corrected chi connectivity index (χ1v) is 4.93. The van der Waals surface area contributed by atoms with E-state index in [1.165, 1.54) is 0 Å². The van der Waals surface area contributed by atoms with Gasteiger partial charge in [-0.2, -0.15) is 0 Å². The lowest BCUT2D eigenvalue weighted by atomic mass is 10.4. The summed E-state index contributed by atoms with van der Waals surface area (Å²) in [4.78, 5) is 6.23. The third-order valence-electron chi connectivity index (χ3n) is 1.86. The molecular weight excluding hydrogens is 200 g/mol. The van der Waals surface area contributed by atoms with Crippen molar-refractivity contribution in [3.8, 4) is 0 Å². The molecule has 1 heterocycles. The number of nitrogens with zero attached hydrogens (tertiary/aromatic N) is 2. The van der Waals surface area contributed by atoms with Crippen molar-refractivity contribution in [2.75, 3.05) is 32.2 Å². The van der Waals surface area contributed by atoms with Crippen LogP contribution in [0.2, 0.25) is 0 Å². The molecule has 3 nitrogen and oxygen atoms in total. The molecule has 0 aliphatic rings. The number of hydrogen-bond donors (Lipinski definition) is 0. The molecule has 0 radical (unpaired) electrons. The second-order valence-electron chi connectivity index (χ2n) is 3.12. The number of rotatable bonds is 5. The van der Waals surface area contributed by atoms with E-state index in [2.05, 4.69) is 4.98 Å². The fraction of sp³-hybridized carbons (Fsp3) is 0.500. The van der Waals surface area contributed by atoms with Crippen molar-refractivity contribution in [3.63, 3.8) is 0 Å². The van der Waals surface area contributed by atoms with Crippen LogP contribution in [0.15, 0.2) is 24.4 Å². The van der Waals surface area contributed by atoms with Crippen molar-refractivity contribution < 1.29 is 4.74 Å². The van der Waals surface area contributed by atoms with Gasteiger partial charge in [-0.1, -0.05) is 6.07 Å². The van der Waals surface area contributed by atoms with Gasteiger partial charge in [-0.15, -0.1) is 11.6 Å². The van der Waals surface area contributed by atoms with E-state index >= 15 is 0 Å². The molecule has 1 atom stereocenters. The molecule has 0 fully saturated rings. The minimum Gasteiger partial charge on any atom is -0.383 e. The van der Waals surface area contributed by atoms with Gasteiger partial charge in [-0.3, -0.25) is 0 Å². The monoisotopic (exact) mass is 214 g/mol. The van der Waals surface area contributed by atoms with Gasteiger partial charge >= 0.3 is 0 Å². The first-order valence-electron chi connectivity index (χ1n) is 4.49. The van der Waals surface area contributed by atoms with Crippen LogP contribution in [0.5, 0.6) is 0 Å². The number of methoxy groups -OCH3 is 1. The predicted octanol–water partition coefficient (Wildman–Crippen LogP) is 1.77. The van der Waals surface area contributed by atoms with E-state index in [9.17, 15) is 0 Å². The van der Waals surface area contributed by atoms with Gasteiger partial charge in [-0.25, -0.2) is 4.98 Å². The van der Waals surface area contributed by atoms with E-state index in [1.807, 2.05) is 30.1 Å². The molecule has 0 saturated carbocycles. The molecule has 1 unspecified atom stereocenters. The minimum atomic E-state index is -0.00740. The van der Waals surface area contributed by atoms with Crippen LogP contribution in [-0.4, -0.2) is 37.7 Å². The van der Waals surface area contributed by atoms with Crippen molar-refractivity contribution in [1.82, 2.24) is 4.98 Å². The number of aromatic nitrogens is 1. The Labute approximate surface area is 89.7 Å². The van der Waals surface area contributed by atoms with Crippen molar-refractivity contribution in [3.05, 3.63) is 24.4 Å². The highest BCUT2D eigenvalue weighted by Crippen LogP contribution is 2.09. The molecule has 1 rings (SSSR count). The van der Waals surface area contributed by atoms with Gasteiger partial charge in [0.25, 0.3) is 0 Å². The second kappa shape index (κ2) is 5.83. The minimum absolute atomic E-state index is 0.00740. The Bertz CT molecular complexity index is 256. The average Bonchev–Trinajstić information content (AvgIpc) is 2.19. The van der Waals surface area contributed by atoms with Gasteiger partial charge < -0.3 is 9.64 Å². The van der Waals surface area contributed by atoms with Crippen LogP contribution in [0.4, 0.5) is 5.82 Å². The molecule has 0 bridgehead atoms. The van der Waals surface area contributed by atoms with Crippen molar-refractivity contribution in [2.24, 2.45) is 0 Å². The first kappa shape index (κ1) is 11.3. The normalized spacial score (nSPS) is 12.5. The van der Waals surface area contributed by atoms with Gasteiger partial charge in [0.2, 0.25) is 0 Å². The molecule has 14 heavy (non-hydrogen) atoms. The van der Waals surface area contributed by atoms with Crippen LogP contribution in [0.3, 0.4) is 0 Å². The smallest absolute Gasteiger partial charge is 0.128 e. The summed E-state index contributed by atoms with van der Waals surface area (Å²) in [6, 6.07) is 5.81. The zero-order valence-electron chi connectivity index (χ0n) is 8.48. The lowest BCUT2D eigenvalue weighted by Gasteiger charge is -2.20. The Morgan fingerprint density at radius 2 is 2.36 bits per heavy atom. The molecular formula is C10H15ClN2O. The number of pyridine rings is 1. The lowest BCUT2D eigenvalue weighted by Crippen LogP contribution is -2.28. The molecule has 1 aromatic heterocycles. The van der Waals surface area contributed by atoms with Gasteiger partial charge in [0, 0.05) is 26.9 Å². The summed E-state index contributed by atoms with van der Waals surface area (Å²) in [7, 11) is 3.61. The number of halogens is 1. The SMILES string of the molecule is COCC(Cl)CN(C)c1ccccn1. The van der Waals surface area contributed by atoms with E-state index < -0.39 is 0 Å². The molecule has 0 spiro atoms. The second-order valence-corrected chi connectivity index (χ2v) is 3.74. The first-order chi connectivity index (χ1) is 6.74. The number of anilines is 1. The van der Waals surface area contributed by atoms with Gasteiger partial charge in [0.1, 0.15) is 5.82 Å². The van der Waals surface area contributed by atoms with Crippen molar-refractivity contribution in [1.29, 1.82) is 0 Å². The van der Waals surface area contributed by atoms with Gasteiger partial charge in [0.05, 0.1) is 12.0 Å². The Kier molecular flexibility index (Phi) is 4.70. The van der Waals surface area contributed by atoms with E-state index in [1.54, 1.807) is 13.3 Å². The molecule has 4 heteroatoms. The number of alkyl halides is 1. The molecule has 0 aromatic carbocycles. The highest BCUT2D eigenvalue weighted by molar-refractivity contribution is 6.21. The molecule has 0 N–H and O–H groups in total. The fourth-order valence-corrected chi connectivity index (χ4v) is 1.54. The van der Waals surface area contributed by atoms with Crippen LogP contribution >= 0.6 is 11.6 Å². The van der Waals surface area contributed by atoms with Gasteiger partial charge in [-0.05, 0) is 12.1 Å². The summed E-state index contributed by atoms with van der Waals surface area (Å²) >= 11 is 6.03. The highest BCUT2D eigenvalue weighted by atomic mass is 35.5. The third-order valence-corrected chi connectivity index (χ3v) is 2.12. The van der Waals surface area contributed by atoms with Crippen LogP contribution in [0.25, 0.3) is 0 Å². The predicted molar refractivity (Wildman–Crippen MR) is 59.0 cm³/mol. The summed E-state index contributed by atoms with van der Waals surface area (Å²) in [6.07, 6.45) is 1.77. The Morgan fingerprint density at radius 1 is 1.57 bits per heavy atom. The van der Waals surface area contributed by atoms with Crippen molar-refractivity contribution in [2.45, 2.75) is 5.38 Å². The Hall–Kier alpha value is -0.800. The average molecular weight is 215 g/mol. The van der Waals surface area contributed by atoms with E-state index in [-0.39, 0.29) is 5.38 Å². The van der Waals surface area contributed by atoms with Crippen molar-refractivity contribution >= 4 is 17.4 Å². The third kappa shape index (κ3) is 3.52. The van der Waals surface area contributed by atoms with Crippen LogP contribution < -0.4 is 4.90 Å². The Morgan fingerprint density at radius 3 is 2.93 bits per heavy atom. The maximum absolute atomic E-state index is 6.03. The van der Waals surface area contributed by atoms with E-state index in [0.29, 0.717) is 6.61 Å². The Balaban J connectivity index is 2.46. The maximum Gasteiger partial charge on any atom is 0.128 e. The molecule has 78 valence electrons. The summed E-state index contributed by atoms with van der Waals surface area (Å²) in [6.45, 7) is 1.28. The highest BCUT2D eigenvalue weighted by Gasteiger charge is 2.08. The molecule has 0 amide bonds. The molecule has 1 aromatic rings. The number of hydrogen-bond acceptors (Lipinski definition) is 3. The summed E-state index contributed by atoms with van der Waals surface area (Å²) in [5.41, 5.74) is 0. The number of ether oxygens (including phenoxy) is 1. The molecule has 0 aliphatic heterocycles. The fourth-order valence-electron chi connectivity index (χ4n) is 1.20. The van der Waals surface area contributed by atoms with Crippen LogP contribution in [0.1, 0.15) is 0 Å². The summed E-state index contributed by atoms with van der Waals surface area (Å²) < 4.78 is 4.96.